The first kappa shape index (κ1) is 20.9. The van der Waals surface area contributed by atoms with Gasteiger partial charge >= 0.3 is 5.97 Å². The van der Waals surface area contributed by atoms with Crippen molar-refractivity contribution < 1.29 is 19.1 Å². The number of aryl methyl sites for hydroxylation is 2. The number of hydrogen-bond acceptors (Lipinski definition) is 4. The van der Waals surface area contributed by atoms with Gasteiger partial charge in [-0.05, 0) is 61.7 Å². The van der Waals surface area contributed by atoms with E-state index in [4.69, 9.17) is 16.3 Å². The molecule has 2 aromatic rings. The molecule has 2 aromatic carbocycles. The molecule has 0 unspecified atom stereocenters. The van der Waals surface area contributed by atoms with Crippen LogP contribution in [0.15, 0.2) is 36.4 Å². The van der Waals surface area contributed by atoms with E-state index < -0.39 is 24.4 Å². The summed E-state index contributed by atoms with van der Waals surface area (Å²) in [4.78, 5) is 38.5. The third kappa shape index (κ3) is 4.95. The molecule has 152 valence electrons. The lowest BCUT2D eigenvalue weighted by Crippen LogP contribution is -2.28. The van der Waals surface area contributed by atoms with Crippen LogP contribution in [0.2, 0.25) is 5.02 Å². The zero-order valence-electron chi connectivity index (χ0n) is 16.6. The van der Waals surface area contributed by atoms with Crippen molar-refractivity contribution in [1.82, 2.24) is 0 Å². The largest absolute Gasteiger partial charge is 0.455 e. The maximum atomic E-state index is 12.4. The molecule has 1 saturated heterocycles. The van der Waals surface area contributed by atoms with Crippen LogP contribution in [0, 0.1) is 26.7 Å². The van der Waals surface area contributed by atoms with Crippen molar-refractivity contribution in [3.63, 3.8) is 0 Å². The standard InChI is InChI=1S/C22H23ClN2O4/c1-13-7-14(2)9-17(8-13)25-11-16(10-21(25)27)22(28)29-12-20(26)24-19-6-4-5-18(23)15(19)3/h4-9,16H,10-12H2,1-3H3,(H,24,26)/t16-/m0/s1. The van der Waals surface area contributed by atoms with Gasteiger partial charge in [-0.3, -0.25) is 14.4 Å². The van der Waals surface area contributed by atoms with E-state index in [-0.39, 0.29) is 18.9 Å². The SMILES string of the molecule is Cc1cc(C)cc(N2C[C@@H](C(=O)OCC(=O)Nc3cccc(Cl)c3C)CC2=O)c1. The molecule has 0 radical (unpaired) electrons. The van der Waals surface area contributed by atoms with E-state index in [2.05, 4.69) is 5.32 Å². The third-order valence-electron chi connectivity index (χ3n) is 4.86. The maximum absolute atomic E-state index is 12.4. The molecule has 1 N–H and O–H groups in total. The Labute approximate surface area is 174 Å². The average Bonchev–Trinajstić information content (AvgIpc) is 3.04. The second-order valence-corrected chi connectivity index (χ2v) is 7.73. The quantitative estimate of drug-likeness (QED) is 0.755. The van der Waals surface area contributed by atoms with Crippen LogP contribution in [0.4, 0.5) is 11.4 Å². The van der Waals surface area contributed by atoms with Gasteiger partial charge in [0.15, 0.2) is 6.61 Å². The van der Waals surface area contributed by atoms with E-state index in [1.165, 1.54) is 0 Å². The lowest BCUT2D eigenvalue weighted by Gasteiger charge is -2.18. The van der Waals surface area contributed by atoms with Gasteiger partial charge in [-0.2, -0.15) is 0 Å². The van der Waals surface area contributed by atoms with Crippen molar-refractivity contribution in [3.05, 3.63) is 58.1 Å². The Balaban J connectivity index is 1.56. The summed E-state index contributed by atoms with van der Waals surface area (Å²) >= 11 is 6.03. The number of nitrogens with one attached hydrogen (secondary N) is 1. The summed E-state index contributed by atoms with van der Waals surface area (Å²) in [5.41, 5.74) is 4.17. The number of nitrogens with zero attached hydrogens (tertiary/aromatic N) is 1. The van der Waals surface area contributed by atoms with Crippen molar-refractivity contribution in [2.75, 3.05) is 23.4 Å². The van der Waals surface area contributed by atoms with Gasteiger partial charge in [0.05, 0.1) is 5.92 Å². The molecule has 1 atom stereocenters. The number of halogens is 1. The summed E-state index contributed by atoms with van der Waals surface area (Å²) in [7, 11) is 0. The van der Waals surface area contributed by atoms with E-state index in [1.54, 1.807) is 30.0 Å². The van der Waals surface area contributed by atoms with Crippen LogP contribution in [-0.4, -0.2) is 30.9 Å². The molecule has 1 heterocycles. The minimum Gasteiger partial charge on any atom is -0.455 e. The maximum Gasteiger partial charge on any atom is 0.311 e. The predicted molar refractivity (Wildman–Crippen MR) is 112 cm³/mol. The fourth-order valence-electron chi connectivity index (χ4n) is 3.41. The highest BCUT2D eigenvalue weighted by atomic mass is 35.5. The van der Waals surface area contributed by atoms with Crippen molar-refractivity contribution in [1.29, 1.82) is 0 Å². The number of carbonyl (C=O) groups is 3. The number of ether oxygens (including phenoxy) is 1. The first-order chi connectivity index (χ1) is 13.7. The van der Waals surface area contributed by atoms with Crippen molar-refractivity contribution >= 4 is 40.8 Å². The molecule has 0 aliphatic carbocycles. The first-order valence-corrected chi connectivity index (χ1v) is 9.72. The molecule has 1 aliphatic heterocycles. The lowest BCUT2D eigenvalue weighted by atomic mass is 10.1. The fraction of sp³-hybridized carbons (Fsp3) is 0.318. The molecule has 1 fully saturated rings. The molecule has 1 aliphatic rings. The van der Waals surface area contributed by atoms with Crippen molar-refractivity contribution in [2.24, 2.45) is 5.92 Å². The molecule has 3 rings (SSSR count). The van der Waals surface area contributed by atoms with Gasteiger partial charge in [0, 0.05) is 29.4 Å². The van der Waals surface area contributed by atoms with Crippen LogP contribution >= 0.6 is 11.6 Å². The van der Waals surface area contributed by atoms with Gasteiger partial charge in [-0.15, -0.1) is 0 Å². The Kier molecular flexibility index (Phi) is 6.23. The highest BCUT2D eigenvalue weighted by molar-refractivity contribution is 6.31. The van der Waals surface area contributed by atoms with Crippen LogP contribution in [0.25, 0.3) is 0 Å². The molecule has 0 saturated carbocycles. The number of amides is 2. The van der Waals surface area contributed by atoms with Crippen LogP contribution in [-0.2, 0) is 19.1 Å². The van der Waals surface area contributed by atoms with Gasteiger partial charge in [-0.25, -0.2) is 0 Å². The zero-order valence-corrected chi connectivity index (χ0v) is 17.4. The topological polar surface area (TPSA) is 75.7 Å². The van der Waals surface area contributed by atoms with Crippen LogP contribution in [0.3, 0.4) is 0 Å². The molecular weight excluding hydrogens is 392 g/mol. The average molecular weight is 415 g/mol. The van der Waals surface area contributed by atoms with Crippen molar-refractivity contribution in [3.8, 4) is 0 Å². The van der Waals surface area contributed by atoms with E-state index in [1.807, 2.05) is 32.0 Å². The molecule has 6 nitrogen and oxygen atoms in total. The van der Waals surface area contributed by atoms with Crippen molar-refractivity contribution in [2.45, 2.75) is 27.2 Å². The fourth-order valence-corrected chi connectivity index (χ4v) is 3.58. The monoisotopic (exact) mass is 414 g/mol. The highest BCUT2D eigenvalue weighted by Gasteiger charge is 2.36. The number of carbonyl (C=O) groups excluding carboxylic acids is 3. The summed E-state index contributed by atoms with van der Waals surface area (Å²) in [5.74, 6) is -1.73. The minimum atomic E-state index is -0.593. The smallest absolute Gasteiger partial charge is 0.311 e. The van der Waals surface area contributed by atoms with E-state index >= 15 is 0 Å². The van der Waals surface area contributed by atoms with Crippen LogP contribution < -0.4 is 10.2 Å². The molecular formula is C22H23ClN2O4. The van der Waals surface area contributed by atoms with Gasteiger partial charge < -0.3 is 15.0 Å². The number of hydrogen-bond donors (Lipinski definition) is 1. The first-order valence-electron chi connectivity index (χ1n) is 9.35. The van der Waals surface area contributed by atoms with Gasteiger partial charge in [0.1, 0.15) is 0 Å². The van der Waals surface area contributed by atoms with Crippen LogP contribution in [0.5, 0.6) is 0 Å². The summed E-state index contributed by atoms with van der Waals surface area (Å²) in [6, 6.07) is 11.0. The Morgan fingerprint density at radius 2 is 1.86 bits per heavy atom. The molecule has 2 amide bonds. The zero-order chi connectivity index (χ0) is 21.1. The second-order valence-electron chi connectivity index (χ2n) is 7.32. The number of esters is 1. The highest BCUT2D eigenvalue weighted by Crippen LogP contribution is 2.28. The van der Waals surface area contributed by atoms with Crippen LogP contribution in [0.1, 0.15) is 23.1 Å². The molecule has 0 spiro atoms. The van der Waals surface area contributed by atoms with Gasteiger partial charge in [0.25, 0.3) is 5.91 Å². The number of benzene rings is 2. The van der Waals surface area contributed by atoms with Gasteiger partial charge in [0.2, 0.25) is 5.91 Å². The summed E-state index contributed by atoms with van der Waals surface area (Å²) in [5, 5.41) is 3.21. The minimum absolute atomic E-state index is 0.0703. The lowest BCUT2D eigenvalue weighted by molar-refractivity contribution is -0.151. The summed E-state index contributed by atoms with van der Waals surface area (Å²) in [6.07, 6.45) is 0.0703. The second kappa shape index (κ2) is 8.66. The Hall–Kier alpha value is -2.86. The van der Waals surface area contributed by atoms with E-state index in [9.17, 15) is 14.4 Å². The summed E-state index contributed by atoms with van der Waals surface area (Å²) < 4.78 is 5.15. The number of anilines is 2. The molecule has 0 aromatic heterocycles. The summed E-state index contributed by atoms with van der Waals surface area (Å²) in [6.45, 7) is 5.54. The molecule has 29 heavy (non-hydrogen) atoms. The predicted octanol–water partition coefficient (Wildman–Crippen LogP) is 3.80. The van der Waals surface area contributed by atoms with E-state index in [0.29, 0.717) is 10.7 Å². The Morgan fingerprint density at radius 3 is 2.55 bits per heavy atom. The molecule has 0 bridgehead atoms. The number of rotatable bonds is 5. The Bertz CT molecular complexity index is 953. The molecule has 7 heteroatoms. The Morgan fingerprint density at radius 1 is 1.17 bits per heavy atom. The van der Waals surface area contributed by atoms with Gasteiger partial charge in [-0.1, -0.05) is 23.7 Å². The third-order valence-corrected chi connectivity index (χ3v) is 5.27. The van der Waals surface area contributed by atoms with E-state index in [0.717, 1.165) is 22.4 Å². The normalized spacial score (nSPS) is 16.1.